The minimum Gasteiger partial charge on any atom is -0.496 e. The molecule has 0 radical (unpaired) electrons. The van der Waals surface area contributed by atoms with Crippen LogP contribution in [0, 0.1) is 5.82 Å². The van der Waals surface area contributed by atoms with Gasteiger partial charge in [-0.05, 0) is 18.2 Å². The first kappa shape index (κ1) is 21.3. The first-order valence-electron chi connectivity index (χ1n) is 10.8. The molecule has 166 valence electrons. The summed E-state index contributed by atoms with van der Waals surface area (Å²) in [7, 11) is 1.42. The van der Waals surface area contributed by atoms with Crippen LogP contribution < -0.4 is 4.74 Å². The summed E-state index contributed by atoms with van der Waals surface area (Å²) in [5.41, 5.74) is 3.34. The summed E-state index contributed by atoms with van der Waals surface area (Å²) in [5.74, 6) is -0.745. The largest absolute Gasteiger partial charge is 0.496 e. The molecule has 0 unspecified atom stereocenters. The van der Waals surface area contributed by atoms with Gasteiger partial charge in [-0.2, -0.15) is 0 Å². The van der Waals surface area contributed by atoms with E-state index in [1.807, 2.05) is 91.0 Å². The van der Waals surface area contributed by atoms with Crippen molar-refractivity contribution in [3.05, 3.63) is 132 Å². The highest BCUT2D eigenvalue weighted by atomic mass is 19.1. The average Bonchev–Trinajstić information content (AvgIpc) is 3.32. The topological polar surface area (TPSA) is 43.6 Å². The molecular weight excluding hydrogens is 427 g/mol. The number of rotatable bonds is 5. The van der Waals surface area contributed by atoms with Crippen molar-refractivity contribution < 1.29 is 13.9 Å². The average molecular weight is 448 g/mol. The predicted octanol–water partition coefficient (Wildman–Crippen LogP) is 6.65. The zero-order chi connectivity index (χ0) is 23.5. The molecule has 5 aromatic rings. The Hall–Kier alpha value is -4.51. The van der Waals surface area contributed by atoms with Crippen LogP contribution in [-0.4, -0.2) is 23.3 Å². The Morgan fingerprint density at radius 3 is 2.09 bits per heavy atom. The number of fused-ring (bicyclic) bond motifs is 1. The molecule has 0 bridgehead atoms. The first-order valence-corrected chi connectivity index (χ1v) is 10.8. The van der Waals surface area contributed by atoms with Gasteiger partial charge in [0.1, 0.15) is 11.4 Å². The summed E-state index contributed by atoms with van der Waals surface area (Å²) in [5, 5.41) is 0.936. The van der Waals surface area contributed by atoms with E-state index in [0.717, 1.165) is 22.0 Å². The van der Waals surface area contributed by atoms with Crippen molar-refractivity contribution in [2.24, 2.45) is 4.99 Å². The lowest BCUT2D eigenvalue weighted by Gasteiger charge is -2.12. The molecule has 5 rings (SSSR count). The van der Waals surface area contributed by atoms with E-state index >= 15 is 4.39 Å². The van der Waals surface area contributed by atoms with E-state index in [1.54, 1.807) is 6.20 Å². The fraction of sp³-hybridized carbons (Fsp3) is 0.0345. The third-order valence-corrected chi connectivity index (χ3v) is 5.64. The molecule has 0 spiro atoms. The molecule has 0 atom stereocenters. The lowest BCUT2D eigenvalue weighted by molar-refractivity contribution is 0.0962. The predicted molar refractivity (Wildman–Crippen MR) is 133 cm³/mol. The third kappa shape index (κ3) is 3.99. The van der Waals surface area contributed by atoms with E-state index in [-0.39, 0.29) is 22.9 Å². The van der Waals surface area contributed by atoms with Crippen LogP contribution in [0.15, 0.2) is 114 Å². The fourth-order valence-electron chi connectivity index (χ4n) is 3.96. The van der Waals surface area contributed by atoms with Crippen LogP contribution in [0.5, 0.6) is 5.75 Å². The molecule has 0 N–H and O–H groups in total. The van der Waals surface area contributed by atoms with E-state index in [9.17, 15) is 4.79 Å². The zero-order valence-corrected chi connectivity index (χ0v) is 18.5. The lowest BCUT2D eigenvalue weighted by atomic mass is 10.0. The van der Waals surface area contributed by atoms with Crippen molar-refractivity contribution in [2.75, 3.05) is 7.11 Å². The Balaban J connectivity index is 1.67. The summed E-state index contributed by atoms with van der Waals surface area (Å²) in [6.07, 6.45) is 1.71. The smallest absolute Gasteiger partial charge is 0.266 e. The normalized spacial score (nSPS) is 10.8. The maximum Gasteiger partial charge on any atom is 0.266 e. The third-order valence-electron chi connectivity index (χ3n) is 5.64. The van der Waals surface area contributed by atoms with Gasteiger partial charge in [0.2, 0.25) is 0 Å². The summed E-state index contributed by atoms with van der Waals surface area (Å²) in [4.78, 5) is 18.2. The number of aliphatic imine (C=N–C) groups is 1. The number of hydrogen-bond acceptors (Lipinski definition) is 3. The van der Waals surface area contributed by atoms with Gasteiger partial charge in [-0.1, -0.05) is 78.9 Å². The number of methoxy groups -OCH3 is 1. The maximum absolute atomic E-state index is 15.2. The van der Waals surface area contributed by atoms with Crippen LogP contribution in [0.1, 0.15) is 21.5 Å². The summed E-state index contributed by atoms with van der Waals surface area (Å²) in [6, 6.07) is 31.3. The summed E-state index contributed by atoms with van der Waals surface area (Å²) in [6.45, 7) is 0. The number of nitrogens with zero attached hydrogens (tertiary/aromatic N) is 2. The monoisotopic (exact) mass is 448 g/mol. The standard InChI is InChI=1S/C29H21FN2O2/c1-34-27-19-24(30)25(18-23(27)29(33)32-17-16-20-10-8-9-15-26(20)32)31-28(21-11-4-2-5-12-21)22-13-6-3-7-14-22/h2-19H,1H3. The number of halogens is 1. The van der Waals surface area contributed by atoms with Crippen LogP contribution >= 0.6 is 0 Å². The number of carbonyl (C=O) groups is 1. The highest BCUT2D eigenvalue weighted by Crippen LogP contribution is 2.31. The Bertz CT molecular complexity index is 1460. The minimum atomic E-state index is -0.574. The molecule has 1 heterocycles. The van der Waals surface area contributed by atoms with Crippen molar-refractivity contribution in [3.8, 4) is 5.75 Å². The van der Waals surface area contributed by atoms with E-state index in [2.05, 4.69) is 4.99 Å². The van der Waals surface area contributed by atoms with Crippen LogP contribution in [-0.2, 0) is 0 Å². The van der Waals surface area contributed by atoms with Gasteiger partial charge in [0.25, 0.3) is 5.91 Å². The van der Waals surface area contributed by atoms with Crippen LogP contribution in [0.25, 0.3) is 10.9 Å². The molecule has 0 aliphatic rings. The van der Waals surface area contributed by atoms with E-state index in [0.29, 0.717) is 5.71 Å². The van der Waals surface area contributed by atoms with Gasteiger partial charge in [0.05, 0.1) is 23.9 Å². The Morgan fingerprint density at radius 2 is 1.44 bits per heavy atom. The molecule has 34 heavy (non-hydrogen) atoms. The minimum absolute atomic E-state index is 0.0586. The van der Waals surface area contributed by atoms with Gasteiger partial charge >= 0.3 is 0 Å². The second-order valence-corrected chi connectivity index (χ2v) is 7.75. The molecule has 0 aliphatic carbocycles. The highest BCUT2D eigenvalue weighted by molar-refractivity contribution is 6.14. The van der Waals surface area contributed by atoms with Gasteiger partial charge in [-0.15, -0.1) is 0 Å². The Labute approximate surface area is 196 Å². The molecule has 4 aromatic carbocycles. The van der Waals surface area contributed by atoms with E-state index < -0.39 is 5.82 Å². The number of hydrogen-bond donors (Lipinski definition) is 0. The van der Waals surface area contributed by atoms with Crippen LogP contribution in [0.3, 0.4) is 0 Å². The van der Waals surface area contributed by atoms with Gasteiger partial charge in [-0.25, -0.2) is 9.38 Å². The Morgan fingerprint density at radius 1 is 0.824 bits per heavy atom. The molecular formula is C29H21FN2O2. The van der Waals surface area contributed by atoms with Gasteiger partial charge in [-0.3, -0.25) is 9.36 Å². The van der Waals surface area contributed by atoms with Crippen LogP contribution in [0.2, 0.25) is 0 Å². The second kappa shape index (κ2) is 9.16. The van der Waals surface area contributed by atoms with Crippen molar-refractivity contribution in [3.63, 3.8) is 0 Å². The maximum atomic E-state index is 15.2. The quantitative estimate of drug-likeness (QED) is 0.283. The number of carbonyl (C=O) groups excluding carboxylic acids is 1. The fourth-order valence-corrected chi connectivity index (χ4v) is 3.96. The van der Waals surface area contributed by atoms with Crippen molar-refractivity contribution >= 4 is 28.2 Å². The molecule has 0 saturated heterocycles. The second-order valence-electron chi connectivity index (χ2n) is 7.75. The van der Waals surface area contributed by atoms with Crippen molar-refractivity contribution in [1.29, 1.82) is 0 Å². The molecule has 5 heteroatoms. The number of para-hydroxylation sites is 1. The van der Waals surface area contributed by atoms with E-state index in [4.69, 9.17) is 4.74 Å². The summed E-state index contributed by atoms with van der Waals surface area (Å²) >= 11 is 0. The SMILES string of the molecule is COc1cc(F)c(N=C(c2ccccc2)c2ccccc2)cc1C(=O)n1ccc2ccccc21. The molecule has 0 aliphatic heterocycles. The molecule has 0 amide bonds. The highest BCUT2D eigenvalue weighted by Gasteiger charge is 2.20. The van der Waals surface area contributed by atoms with Gasteiger partial charge < -0.3 is 4.74 Å². The number of aromatic nitrogens is 1. The molecule has 0 fully saturated rings. The molecule has 0 saturated carbocycles. The molecule has 4 nitrogen and oxygen atoms in total. The lowest BCUT2D eigenvalue weighted by Crippen LogP contribution is -2.12. The van der Waals surface area contributed by atoms with Crippen molar-refractivity contribution in [2.45, 2.75) is 0 Å². The van der Waals surface area contributed by atoms with Crippen molar-refractivity contribution in [1.82, 2.24) is 4.57 Å². The van der Waals surface area contributed by atoms with Gasteiger partial charge in [0, 0.05) is 28.8 Å². The van der Waals surface area contributed by atoms with Crippen LogP contribution in [0.4, 0.5) is 10.1 Å². The zero-order valence-electron chi connectivity index (χ0n) is 18.5. The first-order chi connectivity index (χ1) is 16.7. The summed E-state index contributed by atoms with van der Waals surface area (Å²) < 4.78 is 22.1. The van der Waals surface area contributed by atoms with Gasteiger partial charge in [0.15, 0.2) is 5.82 Å². The Kier molecular flexibility index (Phi) is 5.75. The number of benzene rings is 4. The van der Waals surface area contributed by atoms with E-state index in [1.165, 1.54) is 23.8 Å². The molecule has 1 aromatic heterocycles. The number of ether oxygens (including phenoxy) is 1.